The minimum Gasteiger partial charge on any atom is -0.456 e. The van der Waals surface area contributed by atoms with Crippen LogP contribution in [0.1, 0.15) is 5.56 Å². The van der Waals surface area contributed by atoms with Crippen LogP contribution in [0, 0.1) is 0 Å². The average Bonchev–Trinajstić information content (AvgIpc) is 2.34. The highest BCUT2D eigenvalue weighted by molar-refractivity contribution is 6.34. The molecular formula is C13H10Cl3NO. The van der Waals surface area contributed by atoms with Gasteiger partial charge < -0.3 is 10.5 Å². The second-order valence-electron chi connectivity index (χ2n) is 3.63. The Morgan fingerprint density at radius 1 is 0.944 bits per heavy atom. The van der Waals surface area contributed by atoms with Crippen LogP contribution < -0.4 is 10.5 Å². The third kappa shape index (κ3) is 3.09. The van der Waals surface area contributed by atoms with Gasteiger partial charge in [0, 0.05) is 22.7 Å². The van der Waals surface area contributed by atoms with E-state index in [9.17, 15) is 0 Å². The molecule has 0 aromatic heterocycles. The Morgan fingerprint density at radius 3 is 2.39 bits per heavy atom. The van der Waals surface area contributed by atoms with Gasteiger partial charge in [0.25, 0.3) is 0 Å². The second kappa shape index (κ2) is 5.81. The molecule has 0 heterocycles. The van der Waals surface area contributed by atoms with Crippen molar-refractivity contribution < 1.29 is 4.74 Å². The fraction of sp³-hybridized carbons (Fsp3) is 0.0769. The maximum Gasteiger partial charge on any atom is 0.147 e. The lowest BCUT2D eigenvalue weighted by Gasteiger charge is -2.09. The van der Waals surface area contributed by atoms with Crippen LogP contribution in [0.4, 0.5) is 0 Å². The lowest BCUT2D eigenvalue weighted by Crippen LogP contribution is -1.97. The van der Waals surface area contributed by atoms with Crippen LogP contribution in [-0.4, -0.2) is 0 Å². The predicted octanol–water partition coefficient (Wildman–Crippen LogP) is 4.90. The number of hydrogen-bond acceptors (Lipinski definition) is 2. The maximum atomic E-state index is 6.05. The van der Waals surface area contributed by atoms with Crippen molar-refractivity contribution in [1.29, 1.82) is 0 Å². The largest absolute Gasteiger partial charge is 0.456 e. The molecule has 0 aliphatic carbocycles. The molecular weight excluding hydrogens is 293 g/mol. The van der Waals surface area contributed by atoms with Crippen molar-refractivity contribution in [2.45, 2.75) is 6.54 Å². The minimum atomic E-state index is 0.386. The number of nitrogens with two attached hydrogens (primary N) is 1. The van der Waals surface area contributed by atoms with Crippen LogP contribution in [-0.2, 0) is 6.54 Å². The quantitative estimate of drug-likeness (QED) is 0.875. The molecule has 2 aromatic carbocycles. The normalized spacial score (nSPS) is 10.4. The van der Waals surface area contributed by atoms with E-state index >= 15 is 0 Å². The Kier molecular flexibility index (Phi) is 4.36. The molecule has 0 aliphatic rings. The number of ether oxygens (including phenoxy) is 1. The van der Waals surface area contributed by atoms with E-state index in [2.05, 4.69) is 0 Å². The molecule has 0 amide bonds. The Labute approximate surface area is 120 Å². The summed E-state index contributed by atoms with van der Waals surface area (Å²) in [5, 5.41) is 1.60. The summed E-state index contributed by atoms with van der Waals surface area (Å²) in [6.07, 6.45) is 0. The van der Waals surface area contributed by atoms with Gasteiger partial charge in [-0.1, -0.05) is 40.9 Å². The molecule has 94 valence electrons. The summed E-state index contributed by atoms with van der Waals surface area (Å²) in [5.41, 5.74) is 6.40. The van der Waals surface area contributed by atoms with Gasteiger partial charge in [-0.05, 0) is 29.8 Å². The standard InChI is InChI=1S/C13H10Cl3NO/c14-9-2-4-11(15)13(5-9)18-10-3-1-8(7-17)12(16)6-10/h1-6H,7,17H2. The van der Waals surface area contributed by atoms with Crippen LogP contribution in [0.25, 0.3) is 0 Å². The van der Waals surface area contributed by atoms with Crippen molar-refractivity contribution in [2.75, 3.05) is 0 Å². The van der Waals surface area contributed by atoms with Gasteiger partial charge in [-0.15, -0.1) is 0 Å². The fourth-order valence-electron chi connectivity index (χ4n) is 1.44. The smallest absolute Gasteiger partial charge is 0.147 e. The molecule has 2 aromatic rings. The van der Waals surface area contributed by atoms with Gasteiger partial charge in [-0.2, -0.15) is 0 Å². The zero-order valence-electron chi connectivity index (χ0n) is 9.29. The molecule has 0 spiro atoms. The summed E-state index contributed by atoms with van der Waals surface area (Å²) in [6, 6.07) is 10.3. The lowest BCUT2D eigenvalue weighted by molar-refractivity contribution is 0.483. The zero-order valence-corrected chi connectivity index (χ0v) is 11.6. The molecule has 2 N–H and O–H groups in total. The first-order valence-electron chi connectivity index (χ1n) is 5.21. The van der Waals surface area contributed by atoms with Gasteiger partial charge in [0.2, 0.25) is 0 Å². The fourth-order valence-corrected chi connectivity index (χ4v) is 2.01. The third-order valence-electron chi connectivity index (χ3n) is 2.37. The van der Waals surface area contributed by atoms with Gasteiger partial charge in [0.1, 0.15) is 11.5 Å². The van der Waals surface area contributed by atoms with Crippen molar-refractivity contribution in [3.05, 3.63) is 57.0 Å². The monoisotopic (exact) mass is 301 g/mol. The molecule has 0 aliphatic heterocycles. The van der Waals surface area contributed by atoms with Crippen molar-refractivity contribution in [1.82, 2.24) is 0 Å². The van der Waals surface area contributed by atoms with E-state index in [1.807, 2.05) is 6.07 Å². The van der Waals surface area contributed by atoms with Gasteiger partial charge in [-0.25, -0.2) is 0 Å². The maximum absolute atomic E-state index is 6.05. The van der Waals surface area contributed by atoms with E-state index in [4.69, 9.17) is 45.3 Å². The van der Waals surface area contributed by atoms with E-state index in [0.29, 0.717) is 33.1 Å². The Morgan fingerprint density at radius 2 is 1.72 bits per heavy atom. The first-order chi connectivity index (χ1) is 8.60. The number of benzene rings is 2. The summed E-state index contributed by atoms with van der Waals surface area (Å²) in [4.78, 5) is 0. The second-order valence-corrected chi connectivity index (χ2v) is 4.88. The molecule has 5 heteroatoms. The Hall–Kier alpha value is -0.930. The van der Waals surface area contributed by atoms with Gasteiger partial charge >= 0.3 is 0 Å². The summed E-state index contributed by atoms with van der Waals surface area (Å²) < 4.78 is 5.63. The summed E-state index contributed by atoms with van der Waals surface area (Å²) in [6.45, 7) is 0.386. The van der Waals surface area contributed by atoms with E-state index in [1.165, 1.54) is 0 Å². The average molecular weight is 303 g/mol. The molecule has 0 bridgehead atoms. The molecule has 0 fully saturated rings. The van der Waals surface area contributed by atoms with Gasteiger partial charge in [-0.3, -0.25) is 0 Å². The molecule has 0 saturated heterocycles. The van der Waals surface area contributed by atoms with E-state index in [0.717, 1.165) is 5.56 Å². The van der Waals surface area contributed by atoms with Crippen LogP contribution in [0.2, 0.25) is 15.1 Å². The number of halogens is 3. The SMILES string of the molecule is NCc1ccc(Oc2cc(Cl)ccc2Cl)cc1Cl. The highest BCUT2D eigenvalue weighted by Gasteiger charge is 2.06. The first kappa shape index (κ1) is 13.5. The first-order valence-corrected chi connectivity index (χ1v) is 6.35. The highest BCUT2D eigenvalue weighted by atomic mass is 35.5. The number of rotatable bonds is 3. The molecule has 0 radical (unpaired) electrons. The summed E-state index contributed by atoms with van der Waals surface area (Å²) in [5.74, 6) is 1.07. The van der Waals surface area contributed by atoms with Crippen LogP contribution in [0.5, 0.6) is 11.5 Å². The third-order valence-corrected chi connectivity index (χ3v) is 3.26. The van der Waals surface area contributed by atoms with E-state index < -0.39 is 0 Å². The van der Waals surface area contributed by atoms with Crippen LogP contribution in [0.3, 0.4) is 0 Å². The van der Waals surface area contributed by atoms with Crippen LogP contribution in [0.15, 0.2) is 36.4 Å². The van der Waals surface area contributed by atoms with Crippen molar-refractivity contribution in [3.8, 4) is 11.5 Å². The van der Waals surface area contributed by atoms with Crippen LogP contribution >= 0.6 is 34.8 Å². The Bertz CT molecular complexity index is 572. The minimum absolute atomic E-state index is 0.386. The van der Waals surface area contributed by atoms with Crippen molar-refractivity contribution in [2.24, 2.45) is 5.73 Å². The molecule has 2 rings (SSSR count). The molecule has 18 heavy (non-hydrogen) atoms. The van der Waals surface area contributed by atoms with Gasteiger partial charge in [0.15, 0.2) is 0 Å². The Balaban J connectivity index is 2.28. The summed E-state index contributed by atoms with van der Waals surface area (Å²) in [7, 11) is 0. The molecule has 0 saturated carbocycles. The van der Waals surface area contributed by atoms with Crippen molar-refractivity contribution >= 4 is 34.8 Å². The van der Waals surface area contributed by atoms with E-state index in [1.54, 1.807) is 30.3 Å². The molecule has 0 atom stereocenters. The summed E-state index contributed by atoms with van der Waals surface area (Å²) >= 11 is 17.9. The highest BCUT2D eigenvalue weighted by Crippen LogP contribution is 2.33. The molecule has 2 nitrogen and oxygen atoms in total. The van der Waals surface area contributed by atoms with Crippen molar-refractivity contribution in [3.63, 3.8) is 0 Å². The predicted molar refractivity (Wildman–Crippen MR) is 75.9 cm³/mol. The lowest BCUT2D eigenvalue weighted by atomic mass is 10.2. The number of hydrogen-bond donors (Lipinski definition) is 1. The van der Waals surface area contributed by atoms with E-state index in [-0.39, 0.29) is 0 Å². The zero-order chi connectivity index (χ0) is 13.1. The topological polar surface area (TPSA) is 35.2 Å². The van der Waals surface area contributed by atoms with Gasteiger partial charge in [0.05, 0.1) is 5.02 Å². The molecule has 0 unspecified atom stereocenters.